The highest BCUT2D eigenvalue weighted by molar-refractivity contribution is 6.24. The van der Waals surface area contributed by atoms with Gasteiger partial charge in [-0.2, -0.15) is 0 Å². The van der Waals surface area contributed by atoms with Crippen molar-refractivity contribution < 1.29 is 19.5 Å². The van der Waals surface area contributed by atoms with Crippen molar-refractivity contribution in [3.8, 4) is 11.1 Å². The second-order valence-electron chi connectivity index (χ2n) is 6.14. The first-order valence-corrected chi connectivity index (χ1v) is 7.72. The van der Waals surface area contributed by atoms with Crippen LogP contribution in [0.1, 0.15) is 40.1 Å². The van der Waals surface area contributed by atoms with Crippen molar-refractivity contribution >= 4 is 17.7 Å². The number of ketones is 1. The molecule has 2 aromatic rings. The predicted molar refractivity (Wildman–Crippen MR) is 89.0 cm³/mol. The molecule has 0 radical (unpaired) electrons. The van der Waals surface area contributed by atoms with Gasteiger partial charge >= 0.3 is 5.97 Å². The van der Waals surface area contributed by atoms with Gasteiger partial charge in [0.25, 0.3) is 5.91 Å². The average molecular weight is 323 g/mol. The first-order chi connectivity index (χ1) is 11.4. The van der Waals surface area contributed by atoms with Crippen molar-refractivity contribution in [1.29, 1.82) is 0 Å². The van der Waals surface area contributed by atoms with Gasteiger partial charge in [-0.25, -0.2) is 4.79 Å². The van der Waals surface area contributed by atoms with E-state index in [2.05, 4.69) is 5.32 Å². The van der Waals surface area contributed by atoms with E-state index in [1.54, 1.807) is 50.2 Å². The van der Waals surface area contributed by atoms with E-state index in [9.17, 15) is 19.5 Å². The highest BCUT2D eigenvalue weighted by atomic mass is 16.4. The third-order valence-corrected chi connectivity index (χ3v) is 4.21. The van der Waals surface area contributed by atoms with Crippen LogP contribution in [0.2, 0.25) is 0 Å². The van der Waals surface area contributed by atoms with Crippen LogP contribution in [-0.4, -0.2) is 28.8 Å². The Bertz CT molecular complexity index is 854. The molecule has 0 unspecified atom stereocenters. The van der Waals surface area contributed by atoms with Crippen molar-refractivity contribution in [2.75, 3.05) is 0 Å². The van der Waals surface area contributed by atoms with Gasteiger partial charge in [-0.05, 0) is 17.5 Å². The molecule has 5 heteroatoms. The molecule has 5 nitrogen and oxygen atoms in total. The molecule has 0 aromatic heterocycles. The summed E-state index contributed by atoms with van der Waals surface area (Å²) in [5.74, 6) is -1.94. The Kier molecular flexibility index (Phi) is 3.93. The van der Waals surface area contributed by atoms with E-state index in [1.807, 2.05) is 6.07 Å². The van der Waals surface area contributed by atoms with Crippen molar-refractivity contribution in [2.24, 2.45) is 5.92 Å². The molecule has 1 atom stereocenters. The SMILES string of the molecule is CC(C)[C@H](NC(=O)c1cccc2c1-c1ccccc1C2=O)C(=O)O. The largest absolute Gasteiger partial charge is 0.480 e. The average Bonchev–Trinajstić information content (AvgIpc) is 2.85. The number of aliphatic carboxylic acids is 1. The number of benzene rings is 2. The third-order valence-electron chi connectivity index (χ3n) is 4.21. The van der Waals surface area contributed by atoms with Gasteiger partial charge in [-0.1, -0.05) is 50.2 Å². The van der Waals surface area contributed by atoms with Gasteiger partial charge in [0.1, 0.15) is 6.04 Å². The number of hydrogen-bond donors (Lipinski definition) is 2. The summed E-state index contributed by atoms with van der Waals surface area (Å²) in [6.45, 7) is 3.46. The lowest BCUT2D eigenvalue weighted by molar-refractivity contribution is -0.140. The lowest BCUT2D eigenvalue weighted by Gasteiger charge is -2.19. The Morgan fingerprint density at radius 3 is 2.21 bits per heavy atom. The van der Waals surface area contributed by atoms with Gasteiger partial charge in [0.05, 0.1) is 0 Å². The summed E-state index contributed by atoms with van der Waals surface area (Å²) < 4.78 is 0. The number of fused-ring (bicyclic) bond motifs is 3. The zero-order chi connectivity index (χ0) is 17.4. The van der Waals surface area contributed by atoms with Gasteiger partial charge in [0.2, 0.25) is 0 Å². The van der Waals surface area contributed by atoms with E-state index >= 15 is 0 Å². The second-order valence-corrected chi connectivity index (χ2v) is 6.14. The maximum Gasteiger partial charge on any atom is 0.326 e. The smallest absolute Gasteiger partial charge is 0.326 e. The number of carbonyl (C=O) groups excluding carboxylic acids is 2. The standard InChI is InChI=1S/C19H17NO4/c1-10(2)16(19(23)24)20-18(22)14-9-5-8-13-15(14)11-6-3-4-7-12(11)17(13)21/h3-10,16H,1-2H3,(H,20,22)(H,23,24)/t16-/m0/s1. The first kappa shape index (κ1) is 15.9. The van der Waals surface area contributed by atoms with Crippen LogP contribution in [0.15, 0.2) is 42.5 Å². The van der Waals surface area contributed by atoms with Crippen LogP contribution in [-0.2, 0) is 4.79 Å². The molecule has 1 aliphatic rings. The molecule has 0 spiro atoms. The Balaban J connectivity index is 2.05. The van der Waals surface area contributed by atoms with E-state index < -0.39 is 17.9 Å². The minimum atomic E-state index is -1.08. The summed E-state index contributed by atoms with van der Waals surface area (Å²) in [5.41, 5.74) is 2.63. The molecule has 0 aliphatic heterocycles. The second kappa shape index (κ2) is 5.92. The third kappa shape index (κ3) is 2.48. The van der Waals surface area contributed by atoms with Crippen LogP contribution in [0, 0.1) is 5.92 Å². The fourth-order valence-corrected chi connectivity index (χ4v) is 3.00. The van der Waals surface area contributed by atoms with Crippen molar-refractivity contribution in [3.05, 3.63) is 59.2 Å². The zero-order valence-corrected chi connectivity index (χ0v) is 13.4. The van der Waals surface area contributed by atoms with Gasteiger partial charge in [0, 0.05) is 22.3 Å². The summed E-state index contributed by atoms with van der Waals surface area (Å²) >= 11 is 0. The Hall–Kier alpha value is -2.95. The van der Waals surface area contributed by atoms with Crippen molar-refractivity contribution in [2.45, 2.75) is 19.9 Å². The fraction of sp³-hybridized carbons (Fsp3) is 0.211. The lowest BCUT2D eigenvalue weighted by Crippen LogP contribution is -2.44. The number of carboxylic acids is 1. The molecular formula is C19H17NO4. The number of carbonyl (C=O) groups is 3. The summed E-state index contributed by atoms with van der Waals surface area (Å²) in [7, 11) is 0. The number of nitrogens with one attached hydrogen (secondary N) is 1. The lowest BCUT2D eigenvalue weighted by atomic mass is 9.97. The fourth-order valence-electron chi connectivity index (χ4n) is 3.00. The van der Waals surface area contributed by atoms with E-state index in [0.717, 1.165) is 0 Å². The molecule has 3 rings (SSSR count). The van der Waals surface area contributed by atoms with E-state index in [0.29, 0.717) is 27.8 Å². The van der Waals surface area contributed by atoms with Crippen LogP contribution in [0.4, 0.5) is 0 Å². The number of amides is 1. The van der Waals surface area contributed by atoms with Crippen LogP contribution in [0.3, 0.4) is 0 Å². The topological polar surface area (TPSA) is 83.5 Å². The molecule has 0 saturated heterocycles. The van der Waals surface area contributed by atoms with Crippen LogP contribution < -0.4 is 5.32 Å². The minimum Gasteiger partial charge on any atom is -0.480 e. The van der Waals surface area contributed by atoms with Crippen LogP contribution >= 0.6 is 0 Å². The molecule has 1 aliphatic carbocycles. The maximum absolute atomic E-state index is 12.7. The predicted octanol–water partition coefficient (Wildman–Crippen LogP) is 2.74. The molecule has 0 heterocycles. The first-order valence-electron chi connectivity index (χ1n) is 7.72. The van der Waals surface area contributed by atoms with Gasteiger partial charge in [-0.15, -0.1) is 0 Å². The Labute approximate surface area is 139 Å². The van der Waals surface area contributed by atoms with Gasteiger partial charge in [-0.3, -0.25) is 9.59 Å². The van der Waals surface area contributed by atoms with Crippen molar-refractivity contribution in [3.63, 3.8) is 0 Å². The summed E-state index contributed by atoms with van der Waals surface area (Å²) in [6.07, 6.45) is 0. The van der Waals surface area contributed by atoms with Gasteiger partial charge < -0.3 is 10.4 Å². The quantitative estimate of drug-likeness (QED) is 0.773. The highest BCUT2D eigenvalue weighted by Gasteiger charge is 2.31. The Morgan fingerprint density at radius 2 is 1.58 bits per heavy atom. The van der Waals surface area contributed by atoms with Crippen LogP contribution in [0.5, 0.6) is 0 Å². The van der Waals surface area contributed by atoms with Gasteiger partial charge in [0.15, 0.2) is 5.78 Å². The minimum absolute atomic E-state index is 0.117. The number of rotatable bonds is 4. The molecule has 1 amide bonds. The molecular weight excluding hydrogens is 306 g/mol. The summed E-state index contributed by atoms with van der Waals surface area (Å²) in [4.78, 5) is 36.5. The maximum atomic E-state index is 12.7. The van der Waals surface area contributed by atoms with E-state index in [4.69, 9.17) is 0 Å². The molecule has 0 saturated carbocycles. The number of carboxylic acid groups (broad SMARTS) is 1. The monoisotopic (exact) mass is 323 g/mol. The highest BCUT2D eigenvalue weighted by Crippen LogP contribution is 2.38. The molecule has 24 heavy (non-hydrogen) atoms. The van der Waals surface area contributed by atoms with E-state index in [-0.39, 0.29) is 11.7 Å². The molecule has 0 bridgehead atoms. The van der Waals surface area contributed by atoms with Crippen LogP contribution in [0.25, 0.3) is 11.1 Å². The Morgan fingerprint density at radius 1 is 0.958 bits per heavy atom. The molecule has 122 valence electrons. The summed E-state index contributed by atoms with van der Waals surface area (Å²) in [5, 5.41) is 11.8. The molecule has 2 N–H and O–H groups in total. The molecule has 0 fully saturated rings. The summed E-state index contributed by atoms with van der Waals surface area (Å²) in [6, 6.07) is 11.1. The zero-order valence-electron chi connectivity index (χ0n) is 13.4. The van der Waals surface area contributed by atoms with Crippen molar-refractivity contribution in [1.82, 2.24) is 5.32 Å². The van der Waals surface area contributed by atoms with E-state index in [1.165, 1.54) is 0 Å². The normalized spacial score (nSPS) is 13.4. The number of hydrogen-bond acceptors (Lipinski definition) is 3. The molecule has 2 aromatic carbocycles.